The number of methoxy groups -OCH3 is 1. The molecule has 0 radical (unpaired) electrons. The number of ether oxygens (including phenoxy) is 2. The minimum absolute atomic E-state index is 0.163. The molecule has 3 unspecified atom stereocenters. The summed E-state index contributed by atoms with van der Waals surface area (Å²) in [7, 11) is 1.52. The van der Waals surface area contributed by atoms with Crippen LogP contribution in [0.25, 0.3) is 0 Å². The average molecular weight is 274 g/mol. The van der Waals surface area contributed by atoms with Gasteiger partial charge in [-0.1, -0.05) is 0 Å². The van der Waals surface area contributed by atoms with Crippen molar-refractivity contribution in [2.24, 2.45) is 0 Å². The number of rotatable bonds is 6. The molecule has 7 heteroatoms. The Morgan fingerprint density at radius 2 is 2.21 bits per heavy atom. The standard InChI is InChI=1S/C12H22N2O5/c1-4-19-7-8(2)13-12(17)14-6-9(18-3)5-10(14)11(15)16/h8-10H,4-7H2,1-3H3,(H,13,17)(H,15,16). The van der Waals surface area contributed by atoms with Crippen molar-refractivity contribution in [2.75, 3.05) is 26.9 Å². The topological polar surface area (TPSA) is 88.1 Å². The normalized spacial score (nSPS) is 24.3. The molecule has 19 heavy (non-hydrogen) atoms. The van der Waals surface area contributed by atoms with Crippen molar-refractivity contribution in [3.05, 3.63) is 0 Å². The van der Waals surface area contributed by atoms with Crippen LogP contribution in [-0.4, -0.2) is 67.1 Å². The van der Waals surface area contributed by atoms with Gasteiger partial charge in [-0.3, -0.25) is 0 Å². The summed E-state index contributed by atoms with van der Waals surface area (Å²) in [6.45, 7) is 4.96. The van der Waals surface area contributed by atoms with Crippen molar-refractivity contribution < 1.29 is 24.2 Å². The third-order valence-corrected chi connectivity index (χ3v) is 3.08. The van der Waals surface area contributed by atoms with Gasteiger partial charge in [-0.15, -0.1) is 0 Å². The minimum Gasteiger partial charge on any atom is -0.480 e. The van der Waals surface area contributed by atoms with Crippen molar-refractivity contribution in [3.8, 4) is 0 Å². The Hall–Kier alpha value is -1.34. The van der Waals surface area contributed by atoms with Gasteiger partial charge in [0.2, 0.25) is 0 Å². The molecule has 0 saturated carbocycles. The summed E-state index contributed by atoms with van der Waals surface area (Å²) in [6.07, 6.45) is 0.0908. The molecule has 3 atom stereocenters. The van der Waals surface area contributed by atoms with Crippen LogP contribution in [0.4, 0.5) is 4.79 Å². The van der Waals surface area contributed by atoms with Gasteiger partial charge in [0.05, 0.1) is 18.8 Å². The third-order valence-electron chi connectivity index (χ3n) is 3.08. The molecule has 1 aliphatic rings. The predicted molar refractivity (Wildman–Crippen MR) is 68.0 cm³/mol. The Labute approximate surface area is 112 Å². The van der Waals surface area contributed by atoms with E-state index in [1.54, 1.807) is 0 Å². The van der Waals surface area contributed by atoms with Crippen LogP contribution in [0.2, 0.25) is 0 Å². The summed E-state index contributed by atoms with van der Waals surface area (Å²) in [5.41, 5.74) is 0. The molecule has 1 heterocycles. The van der Waals surface area contributed by atoms with Crippen molar-refractivity contribution in [1.82, 2.24) is 10.2 Å². The summed E-state index contributed by atoms with van der Waals surface area (Å²) in [5.74, 6) is -1.01. The van der Waals surface area contributed by atoms with Gasteiger partial charge in [-0.25, -0.2) is 9.59 Å². The molecule has 0 aliphatic carbocycles. The number of hydrogen-bond acceptors (Lipinski definition) is 4. The minimum atomic E-state index is -1.01. The van der Waals surface area contributed by atoms with Crippen molar-refractivity contribution in [2.45, 2.75) is 38.5 Å². The zero-order chi connectivity index (χ0) is 14.4. The van der Waals surface area contributed by atoms with Crippen LogP contribution in [0.3, 0.4) is 0 Å². The van der Waals surface area contributed by atoms with Crippen LogP contribution in [0.15, 0.2) is 0 Å². The molecule has 1 aliphatic heterocycles. The van der Waals surface area contributed by atoms with Crippen LogP contribution in [0, 0.1) is 0 Å². The number of nitrogens with one attached hydrogen (secondary N) is 1. The molecule has 0 spiro atoms. The first-order valence-electron chi connectivity index (χ1n) is 6.40. The second kappa shape index (κ2) is 7.30. The SMILES string of the molecule is CCOCC(C)NC(=O)N1CC(OC)CC1C(=O)O. The molecule has 7 nitrogen and oxygen atoms in total. The van der Waals surface area contributed by atoms with Crippen LogP contribution in [-0.2, 0) is 14.3 Å². The highest BCUT2D eigenvalue weighted by atomic mass is 16.5. The average Bonchev–Trinajstić information content (AvgIpc) is 2.80. The van der Waals surface area contributed by atoms with E-state index in [0.717, 1.165) is 0 Å². The molecule has 2 amide bonds. The molecule has 1 fully saturated rings. The van der Waals surface area contributed by atoms with Gasteiger partial charge in [-0.2, -0.15) is 0 Å². The van der Waals surface area contributed by atoms with Crippen LogP contribution in [0.1, 0.15) is 20.3 Å². The Morgan fingerprint density at radius 3 is 2.74 bits per heavy atom. The zero-order valence-electron chi connectivity index (χ0n) is 11.6. The third kappa shape index (κ3) is 4.36. The summed E-state index contributed by atoms with van der Waals surface area (Å²) in [6, 6.07) is -1.38. The number of hydrogen-bond donors (Lipinski definition) is 2. The number of carbonyl (C=O) groups is 2. The predicted octanol–water partition coefficient (Wildman–Crippen LogP) is 0.295. The van der Waals surface area contributed by atoms with E-state index >= 15 is 0 Å². The fourth-order valence-corrected chi connectivity index (χ4v) is 2.06. The lowest BCUT2D eigenvalue weighted by Crippen LogP contribution is -2.49. The number of carboxylic acids is 1. The molecular weight excluding hydrogens is 252 g/mol. The number of likely N-dealkylation sites (tertiary alicyclic amines) is 1. The molecular formula is C12H22N2O5. The first-order chi connectivity index (χ1) is 8.99. The van der Waals surface area contributed by atoms with E-state index in [9.17, 15) is 9.59 Å². The maximum atomic E-state index is 12.0. The highest BCUT2D eigenvalue weighted by Crippen LogP contribution is 2.20. The summed E-state index contributed by atoms with van der Waals surface area (Å²) < 4.78 is 10.3. The largest absolute Gasteiger partial charge is 0.480 e. The van der Waals surface area contributed by atoms with E-state index in [-0.39, 0.29) is 18.2 Å². The summed E-state index contributed by atoms with van der Waals surface area (Å²) >= 11 is 0. The Bertz CT molecular complexity index is 323. The summed E-state index contributed by atoms with van der Waals surface area (Å²) in [5, 5.41) is 11.8. The number of aliphatic carboxylic acids is 1. The molecule has 0 aromatic carbocycles. The van der Waals surface area contributed by atoms with Gasteiger partial charge in [-0.05, 0) is 13.8 Å². The monoisotopic (exact) mass is 274 g/mol. The van der Waals surface area contributed by atoms with Gasteiger partial charge >= 0.3 is 12.0 Å². The van der Waals surface area contributed by atoms with Crippen LogP contribution in [0.5, 0.6) is 0 Å². The maximum absolute atomic E-state index is 12.0. The fraction of sp³-hybridized carbons (Fsp3) is 0.833. The highest BCUT2D eigenvalue weighted by Gasteiger charge is 2.40. The van der Waals surface area contributed by atoms with E-state index in [1.165, 1.54) is 12.0 Å². The molecule has 1 saturated heterocycles. The van der Waals surface area contributed by atoms with Gasteiger partial charge in [0, 0.05) is 26.7 Å². The lowest BCUT2D eigenvalue weighted by molar-refractivity contribution is -0.141. The Morgan fingerprint density at radius 1 is 1.53 bits per heavy atom. The van der Waals surface area contributed by atoms with Crippen molar-refractivity contribution in [3.63, 3.8) is 0 Å². The Balaban J connectivity index is 2.56. The molecule has 2 N–H and O–H groups in total. The van der Waals surface area contributed by atoms with E-state index in [4.69, 9.17) is 14.6 Å². The van der Waals surface area contributed by atoms with Gasteiger partial charge < -0.3 is 24.8 Å². The van der Waals surface area contributed by atoms with E-state index in [0.29, 0.717) is 26.2 Å². The number of carbonyl (C=O) groups excluding carboxylic acids is 1. The van der Waals surface area contributed by atoms with E-state index in [1.807, 2.05) is 13.8 Å². The lowest BCUT2D eigenvalue weighted by Gasteiger charge is -2.24. The number of urea groups is 1. The molecule has 0 aromatic heterocycles. The second-order valence-corrected chi connectivity index (χ2v) is 4.61. The quantitative estimate of drug-likeness (QED) is 0.727. The second-order valence-electron chi connectivity index (χ2n) is 4.61. The maximum Gasteiger partial charge on any atom is 0.326 e. The molecule has 0 bridgehead atoms. The first-order valence-corrected chi connectivity index (χ1v) is 6.40. The van der Waals surface area contributed by atoms with Crippen LogP contribution < -0.4 is 5.32 Å². The number of carboxylic acid groups (broad SMARTS) is 1. The number of amides is 2. The smallest absolute Gasteiger partial charge is 0.326 e. The molecule has 0 aromatic rings. The van der Waals surface area contributed by atoms with Gasteiger partial charge in [0.25, 0.3) is 0 Å². The lowest BCUT2D eigenvalue weighted by atomic mass is 10.2. The summed E-state index contributed by atoms with van der Waals surface area (Å²) in [4.78, 5) is 24.5. The van der Waals surface area contributed by atoms with E-state index < -0.39 is 12.0 Å². The first kappa shape index (κ1) is 15.7. The van der Waals surface area contributed by atoms with E-state index in [2.05, 4.69) is 5.32 Å². The molecule has 1 rings (SSSR count). The van der Waals surface area contributed by atoms with Crippen LogP contribution >= 0.6 is 0 Å². The molecule has 110 valence electrons. The van der Waals surface area contributed by atoms with Gasteiger partial charge in [0.15, 0.2) is 0 Å². The fourth-order valence-electron chi connectivity index (χ4n) is 2.06. The Kier molecular flexibility index (Phi) is 6.04. The van der Waals surface area contributed by atoms with Crippen molar-refractivity contribution in [1.29, 1.82) is 0 Å². The zero-order valence-corrected chi connectivity index (χ0v) is 11.6. The highest BCUT2D eigenvalue weighted by molar-refractivity contribution is 5.83. The van der Waals surface area contributed by atoms with Crippen molar-refractivity contribution >= 4 is 12.0 Å². The number of nitrogens with zero attached hydrogens (tertiary/aromatic N) is 1. The van der Waals surface area contributed by atoms with Gasteiger partial charge in [0.1, 0.15) is 6.04 Å².